The highest BCUT2D eigenvalue weighted by atomic mass is 16.2. The van der Waals surface area contributed by atoms with Crippen molar-refractivity contribution < 1.29 is 4.79 Å². The Morgan fingerprint density at radius 1 is 1.15 bits per heavy atom. The van der Waals surface area contributed by atoms with E-state index in [0.29, 0.717) is 12.1 Å². The molecule has 0 atom stereocenters. The lowest BCUT2D eigenvalue weighted by Crippen LogP contribution is -2.26. The molecule has 2 heterocycles. The van der Waals surface area contributed by atoms with Crippen LogP contribution in [0.25, 0.3) is 16.6 Å². The largest absolute Gasteiger partial charge is 0.358 e. The predicted octanol–water partition coefficient (Wildman–Crippen LogP) is 4.24. The Morgan fingerprint density at radius 3 is 2.70 bits per heavy atom. The summed E-state index contributed by atoms with van der Waals surface area (Å²) in [6.07, 6.45) is 3.77. The molecule has 2 aromatic carbocycles. The Labute approximate surface area is 158 Å². The van der Waals surface area contributed by atoms with Crippen molar-refractivity contribution in [1.29, 1.82) is 0 Å². The van der Waals surface area contributed by atoms with Crippen molar-refractivity contribution in [2.45, 2.75) is 20.4 Å². The van der Waals surface area contributed by atoms with Crippen molar-refractivity contribution in [3.05, 3.63) is 83.3 Å². The highest BCUT2D eigenvalue weighted by molar-refractivity contribution is 5.98. The lowest BCUT2D eigenvalue weighted by atomic mass is 10.1. The van der Waals surface area contributed by atoms with Crippen molar-refractivity contribution in [1.82, 2.24) is 19.7 Å². The molecule has 27 heavy (non-hydrogen) atoms. The van der Waals surface area contributed by atoms with E-state index < -0.39 is 0 Å². The van der Waals surface area contributed by atoms with Crippen LogP contribution in [-0.2, 0) is 6.54 Å². The molecular weight excluding hydrogens is 336 g/mol. The minimum Gasteiger partial charge on any atom is -0.358 e. The van der Waals surface area contributed by atoms with E-state index in [1.54, 1.807) is 11.1 Å². The molecule has 0 bridgehead atoms. The number of carbonyl (C=O) groups excluding carboxylic acids is 1. The zero-order valence-electron chi connectivity index (χ0n) is 15.7. The summed E-state index contributed by atoms with van der Waals surface area (Å²) in [6.45, 7) is 4.63. The van der Waals surface area contributed by atoms with Crippen LogP contribution in [-0.4, -0.2) is 32.6 Å². The van der Waals surface area contributed by atoms with Crippen molar-refractivity contribution in [2.24, 2.45) is 0 Å². The Bertz CT molecular complexity index is 1110. The molecule has 0 saturated heterocycles. The van der Waals surface area contributed by atoms with Gasteiger partial charge in [0.05, 0.1) is 11.9 Å². The normalized spacial score (nSPS) is 11.1. The number of aromatic nitrogens is 3. The van der Waals surface area contributed by atoms with Gasteiger partial charge in [0.25, 0.3) is 5.91 Å². The first-order chi connectivity index (χ1) is 13.0. The average molecular weight is 358 g/mol. The topological polar surface area (TPSA) is 53.9 Å². The minimum absolute atomic E-state index is 0.00242. The van der Waals surface area contributed by atoms with Crippen LogP contribution in [0.3, 0.4) is 0 Å². The smallest absolute Gasteiger partial charge is 0.253 e. The molecule has 0 aliphatic carbocycles. The average Bonchev–Trinajstić information content (AvgIpc) is 3.26. The van der Waals surface area contributed by atoms with Gasteiger partial charge < -0.3 is 9.88 Å². The van der Waals surface area contributed by atoms with E-state index >= 15 is 0 Å². The summed E-state index contributed by atoms with van der Waals surface area (Å²) < 4.78 is 1.83. The van der Waals surface area contributed by atoms with E-state index in [4.69, 9.17) is 0 Å². The second-order valence-corrected chi connectivity index (χ2v) is 6.93. The van der Waals surface area contributed by atoms with Crippen LogP contribution < -0.4 is 0 Å². The maximum atomic E-state index is 12.9. The fourth-order valence-corrected chi connectivity index (χ4v) is 3.32. The van der Waals surface area contributed by atoms with Gasteiger partial charge in [0.15, 0.2) is 0 Å². The summed E-state index contributed by atoms with van der Waals surface area (Å²) in [7, 11) is 1.82. The number of fused-ring (bicyclic) bond motifs is 1. The summed E-state index contributed by atoms with van der Waals surface area (Å²) in [5.41, 5.74) is 6.07. The maximum Gasteiger partial charge on any atom is 0.253 e. The highest BCUT2D eigenvalue weighted by Gasteiger charge is 2.15. The van der Waals surface area contributed by atoms with Crippen LogP contribution >= 0.6 is 0 Å². The molecule has 0 spiro atoms. The van der Waals surface area contributed by atoms with Crippen LogP contribution in [0.4, 0.5) is 0 Å². The number of benzene rings is 2. The molecule has 0 radical (unpaired) electrons. The Morgan fingerprint density at radius 2 is 1.93 bits per heavy atom. The monoisotopic (exact) mass is 358 g/mol. The van der Waals surface area contributed by atoms with Crippen LogP contribution in [0.5, 0.6) is 0 Å². The molecule has 5 heteroatoms. The third-order valence-corrected chi connectivity index (χ3v) is 4.98. The van der Waals surface area contributed by atoms with Crippen LogP contribution in [0, 0.1) is 13.8 Å². The lowest BCUT2D eigenvalue weighted by Gasteiger charge is -2.16. The van der Waals surface area contributed by atoms with Crippen LogP contribution in [0.15, 0.2) is 60.9 Å². The van der Waals surface area contributed by atoms with Gasteiger partial charge in [0.2, 0.25) is 0 Å². The summed E-state index contributed by atoms with van der Waals surface area (Å²) in [6, 6.07) is 15.8. The van der Waals surface area contributed by atoms with Gasteiger partial charge in [-0.2, -0.15) is 5.10 Å². The van der Waals surface area contributed by atoms with Gasteiger partial charge in [0, 0.05) is 47.5 Å². The summed E-state index contributed by atoms with van der Waals surface area (Å²) >= 11 is 0. The first-order valence-corrected chi connectivity index (χ1v) is 8.96. The molecule has 0 aliphatic rings. The molecule has 0 fully saturated rings. The van der Waals surface area contributed by atoms with E-state index in [-0.39, 0.29) is 5.91 Å². The van der Waals surface area contributed by atoms with Crippen molar-refractivity contribution >= 4 is 16.8 Å². The first kappa shape index (κ1) is 17.1. The SMILES string of the molecule is Cc1[nH]c2ccc(C(=O)N(C)Cc3cnn(-c4ccccc4)c3)cc2c1C. The number of amides is 1. The number of rotatable bonds is 4. The van der Waals surface area contributed by atoms with Gasteiger partial charge in [-0.1, -0.05) is 18.2 Å². The molecule has 4 rings (SSSR count). The van der Waals surface area contributed by atoms with E-state index in [1.807, 2.05) is 73.4 Å². The number of aromatic amines is 1. The molecule has 1 N–H and O–H groups in total. The van der Waals surface area contributed by atoms with E-state index in [2.05, 4.69) is 17.0 Å². The molecular formula is C22H22N4O. The number of aryl methyl sites for hydroxylation is 2. The molecule has 0 saturated carbocycles. The highest BCUT2D eigenvalue weighted by Crippen LogP contribution is 2.23. The van der Waals surface area contributed by atoms with Crippen molar-refractivity contribution in [3.8, 4) is 5.69 Å². The summed E-state index contributed by atoms with van der Waals surface area (Å²) in [4.78, 5) is 17.9. The molecule has 2 aromatic heterocycles. The number of para-hydroxylation sites is 1. The lowest BCUT2D eigenvalue weighted by molar-refractivity contribution is 0.0785. The third-order valence-electron chi connectivity index (χ3n) is 4.98. The zero-order chi connectivity index (χ0) is 19.0. The number of carbonyl (C=O) groups is 1. The Hall–Kier alpha value is -3.34. The van der Waals surface area contributed by atoms with Crippen LogP contribution in [0.1, 0.15) is 27.2 Å². The van der Waals surface area contributed by atoms with Crippen molar-refractivity contribution in [3.63, 3.8) is 0 Å². The van der Waals surface area contributed by atoms with E-state index in [9.17, 15) is 4.79 Å². The fourth-order valence-electron chi connectivity index (χ4n) is 3.32. The molecule has 0 unspecified atom stereocenters. The number of nitrogens with one attached hydrogen (secondary N) is 1. The molecule has 4 aromatic rings. The Balaban J connectivity index is 1.53. The number of nitrogens with zero attached hydrogens (tertiary/aromatic N) is 3. The molecule has 136 valence electrons. The molecule has 1 amide bonds. The maximum absolute atomic E-state index is 12.9. The van der Waals surface area contributed by atoms with Crippen molar-refractivity contribution in [2.75, 3.05) is 7.05 Å². The number of H-pyrrole nitrogens is 1. The number of hydrogen-bond donors (Lipinski definition) is 1. The Kier molecular flexibility index (Phi) is 4.28. The fraction of sp³-hybridized carbons (Fsp3) is 0.182. The third kappa shape index (κ3) is 3.24. The molecule has 0 aliphatic heterocycles. The molecule has 5 nitrogen and oxygen atoms in total. The summed E-state index contributed by atoms with van der Waals surface area (Å²) in [5.74, 6) is 0.00242. The van der Waals surface area contributed by atoms with E-state index in [1.165, 1.54) is 5.56 Å². The van der Waals surface area contributed by atoms with E-state index in [0.717, 1.165) is 27.8 Å². The number of hydrogen-bond acceptors (Lipinski definition) is 2. The van der Waals surface area contributed by atoms with Gasteiger partial charge in [-0.25, -0.2) is 4.68 Å². The van der Waals surface area contributed by atoms with Gasteiger partial charge in [0.1, 0.15) is 0 Å². The quantitative estimate of drug-likeness (QED) is 0.593. The van der Waals surface area contributed by atoms with Gasteiger partial charge in [-0.05, 0) is 49.7 Å². The zero-order valence-corrected chi connectivity index (χ0v) is 15.7. The second kappa shape index (κ2) is 6.76. The second-order valence-electron chi connectivity index (χ2n) is 6.93. The van der Waals surface area contributed by atoms with Crippen LogP contribution in [0.2, 0.25) is 0 Å². The standard InChI is InChI=1S/C22H22N4O/c1-15-16(2)24-21-10-9-18(11-20(15)21)22(27)25(3)13-17-12-23-26(14-17)19-7-5-4-6-8-19/h4-12,14,24H,13H2,1-3H3. The summed E-state index contributed by atoms with van der Waals surface area (Å²) in [5, 5.41) is 5.50. The van der Waals surface area contributed by atoms with Gasteiger partial charge >= 0.3 is 0 Å². The minimum atomic E-state index is 0.00242. The van der Waals surface area contributed by atoms with Gasteiger partial charge in [-0.3, -0.25) is 4.79 Å². The first-order valence-electron chi connectivity index (χ1n) is 8.96. The van der Waals surface area contributed by atoms with Gasteiger partial charge in [-0.15, -0.1) is 0 Å². The predicted molar refractivity (Wildman–Crippen MR) is 107 cm³/mol.